The summed E-state index contributed by atoms with van der Waals surface area (Å²) in [4.78, 5) is 14.3. The number of benzene rings is 1. The van der Waals surface area contributed by atoms with Gasteiger partial charge >= 0.3 is 0 Å². The lowest BCUT2D eigenvalue weighted by Gasteiger charge is -2.19. The van der Waals surface area contributed by atoms with E-state index in [-0.39, 0.29) is 5.91 Å². The number of carbonyl (C=O) groups excluding carboxylic acids is 1. The van der Waals surface area contributed by atoms with Crippen LogP contribution >= 0.6 is 0 Å². The average Bonchev–Trinajstić information content (AvgIpc) is 2.75. The van der Waals surface area contributed by atoms with Gasteiger partial charge in [-0.2, -0.15) is 0 Å². The van der Waals surface area contributed by atoms with Crippen molar-refractivity contribution in [3.05, 3.63) is 18.2 Å². The molecule has 0 aromatic heterocycles. The standard InChI is InChI=1S/C15H23N3O3/c1-20-13-5-4-12(10-14(13)21-2)17-15(19)11-18-8-3-6-16-7-9-18/h4-5,10,16H,3,6-9,11H2,1-2H3,(H,17,19). The van der Waals surface area contributed by atoms with Gasteiger partial charge in [0.2, 0.25) is 5.91 Å². The highest BCUT2D eigenvalue weighted by atomic mass is 16.5. The summed E-state index contributed by atoms with van der Waals surface area (Å²) in [6.45, 7) is 4.22. The van der Waals surface area contributed by atoms with Crippen molar-refractivity contribution in [2.24, 2.45) is 0 Å². The molecule has 0 saturated carbocycles. The van der Waals surface area contributed by atoms with Gasteiger partial charge in [0.1, 0.15) is 0 Å². The van der Waals surface area contributed by atoms with Crippen LogP contribution in [0.2, 0.25) is 0 Å². The second-order valence-corrected chi connectivity index (χ2v) is 5.00. The van der Waals surface area contributed by atoms with Gasteiger partial charge in [0, 0.05) is 24.8 Å². The van der Waals surface area contributed by atoms with Crippen LogP contribution in [0, 0.1) is 0 Å². The normalized spacial score (nSPS) is 16.1. The molecule has 21 heavy (non-hydrogen) atoms. The van der Waals surface area contributed by atoms with Crippen molar-refractivity contribution in [1.29, 1.82) is 0 Å². The van der Waals surface area contributed by atoms with Crippen LogP contribution in [0.3, 0.4) is 0 Å². The van der Waals surface area contributed by atoms with Crippen LogP contribution in [0.25, 0.3) is 0 Å². The maximum absolute atomic E-state index is 12.1. The fourth-order valence-electron chi connectivity index (χ4n) is 2.38. The van der Waals surface area contributed by atoms with Crippen LogP contribution in [0.5, 0.6) is 11.5 Å². The summed E-state index contributed by atoms with van der Waals surface area (Å²) in [7, 11) is 3.16. The molecule has 0 atom stereocenters. The number of hydrogen-bond acceptors (Lipinski definition) is 5. The first kappa shape index (κ1) is 15.6. The lowest BCUT2D eigenvalue weighted by atomic mass is 10.2. The van der Waals surface area contributed by atoms with E-state index in [0.29, 0.717) is 23.7 Å². The van der Waals surface area contributed by atoms with E-state index in [4.69, 9.17) is 9.47 Å². The number of nitrogens with zero attached hydrogens (tertiary/aromatic N) is 1. The fourth-order valence-corrected chi connectivity index (χ4v) is 2.38. The number of hydrogen-bond donors (Lipinski definition) is 2. The Morgan fingerprint density at radius 1 is 1.24 bits per heavy atom. The third kappa shape index (κ3) is 4.61. The second-order valence-electron chi connectivity index (χ2n) is 5.00. The summed E-state index contributed by atoms with van der Waals surface area (Å²) >= 11 is 0. The maximum Gasteiger partial charge on any atom is 0.238 e. The van der Waals surface area contributed by atoms with Gasteiger partial charge in [-0.15, -0.1) is 0 Å². The Hall–Kier alpha value is -1.79. The zero-order chi connectivity index (χ0) is 15.1. The van der Waals surface area contributed by atoms with E-state index in [9.17, 15) is 4.79 Å². The van der Waals surface area contributed by atoms with Crippen LogP contribution in [0.4, 0.5) is 5.69 Å². The number of ether oxygens (including phenoxy) is 2. The van der Waals surface area contributed by atoms with Crippen LogP contribution in [-0.4, -0.2) is 57.8 Å². The molecule has 116 valence electrons. The number of rotatable bonds is 5. The van der Waals surface area contributed by atoms with E-state index in [1.165, 1.54) is 0 Å². The molecule has 1 aromatic carbocycles. The van der Waals surface area contributed by atoms with Crippen molar-refractivity contribution in [2.75, 3.05) is 52.3 Å². The minimum absolute atomic E-state index is 0.0101. The molecule has 1 amide bonds. The minimum Gasteiger partial charge on any atom is -0.493 e. The minimum atomic E-state index is -0.0101. The molecule has 2 rings (SSSR count). The molecular weight excluding hydrogens is 270 g/mol. The van der Waals surface area contributed by atoms with Gasteiger partial charge in [0.15, 0.2) is 11.5 Å². The molecule has 6 heteroatoms. The number of anilines is 1. The summed E-state index contributed by atoms with van der Waals surface area (Å²) in [5.41, 5.74) is 0.714. The smallest absolute Gasteiger partial charge is 0.238 e. The lowest BCUT2D eigenvalue weighted by molar-refractivity contribution is -0.117. The Morgan fingerprint density at radius 3 is 2.81 bits per heavy atom. The summed E-state index contributed by atoms with van der Waals surface area (Å²) in [6.07, 6.45) is 1.07. The zero-order valence-corrected chi connectivity index (χ0v) is 12.6. The van der Waals surface area contributed by atoms with Crippen molar-refractivity contribution in [1.82, 2.24) is 10.2 Å². The Morgan fingerprint density at radius 2 is 2.05 bits per heavy atom. The van der Waals surface area contributed by atoms with Crippen LogP contribution in [0.15, 0.2) is 18.2 Å². The van der Waals surface area contributed by atoms with Gasteiger partial charge in [0.25, 0.3) is 0 Å². The van der Waals surface area contributed by atoms with E-state index in [2.05, 4.69) is 15.5 Å². The quantitative estimate of drug-likeness (QED) is 0.846. The first-order chi connectivity index (χ1) is 10.2. The van der Waals surface area contributed by atoms with Crippen molar-refractivity contribution in [3.8, 4) is 11.5 Å². The van der Waals surface area contributed by atoms with Crippen LogP contribution in [0.1, 0.15) is 6.42 Å². The monoisotopic (exact) mass is 293 g/mol. The summed E-state index contributed by atoms with van der Waals surface area (Å²) in [5, 5.41) is 6.22. The first-order valence-corrected chi connectivity index (χ1v) is 7.18. The first-order valence-electron chi connectivity index (χ1n) is 7.18. The molecule has 1 aromatic rings. The number of carbonyl (C=O) groups is 1. The van der Waals surface area contributed by atoms with E-state index >= 15 is 0 Å². The third-order valence-electron chi connectivity index (χ3n) is 3.47. The van der Waals surface area contributed by atoms with Gasteiger partial charge in [0.05, 0.1) is 20.8 Å². The van der Waals surface area contributed by atoms with Gasteiger partial charge in [-0.1, -0.05) is 0 Å². The largest absolute Gasteiger partial charge is 0.493 e. The summed E-state index contributed by atoms with van der Waals surface area (Å²) in [5.74, 6) is 1.24. The van der Waals surface area contributed by atoms with Gasteiger partial charge in [-0.25, -0.2) is 0 Å². The molecule has 2 N–H and O–H groups in total. The van der Waals surface area contributed by atoms with Crippen LogP contribution < -0.4 is 20.1 Å². The van der Waals surface area contributed by atoms with Gasteiger partial charge in [-0.3, -0.25) is 9.69 Å². The topological polar surface area (TPSA) is 62.8 Å². The molecule has 1 aliphatic rings. The predicted octanol–water partition coefficient (Wildman–Crippen LogP) is 0.938. The average molecular weight is 293 g/mol. The Balaban J connectivity index is 1.92. The molecule has 1 heterocycles. The van der Waals surface area contributed by atoms with Crippen molar-refractivity contribution in [2.45, 2.75) is 6.42 Å². The molecule has 6 nitrogen and oxygen atoms in total. The maximum atomic E-state index is 12.1. The summed E-state index contributed by atoms with van der Waals surface area (Å²) in [6, 6.07) is 5.36. The van der Waals surface area contributed by atoms with Crippen LogP contribution in [-0.2, 0) is 4.79 Å². The SMILES string of the molecule is COc1ccc(NC(=O)CN2CCCNCC2)cc1OC. The predicted molar refractivity (Wildman–Crippen MR) is 82.1 cm³/mol. The molecule has 0 unspecified atom stereocenters. The highest BCUT2D eigenvalue weighted by Crippen LogP contribution is 2.29. The van der Waals surface area contributed by atoms with Crippen molar-refractivity contribution in [3.63, 3.8) is 0 Å². The molecular formula is C15H23N3O3. The highest BCUT2D eigenvalue weighted by Gasteiger charge is 2.13. The number of amides is 1. The van der Waals surface area contributed by atoms with Gasteiger partial charge in [-0.05, 0) is 31.6 Å². The number of nitrogens with one attached hydrogen (secondary N) is 2. The van der Waals surface area contributed by atoms with E-state index < -0.39 is 0 Å². The fraction of sp³-hybridized carbons (Fsp3) is 0.533. The molecule has 1 saturated heterocycles. The molecule has 1 fully saturated rings. The zero-order valence-electron chi connectivity index (χ0n) is 12.6. The van der Waals surface area contributed by atoms with E-state index in [1.807, 2.05) is 6.07 Å². The highest BCUT2D eigenvalue weighted by molar-refractivity contribution is 5.92. The Labute approximate surface area is 125 Å². The molecule has 1 aliphatic heterocycles. The number of methoxy groups -OCH3 is 2. The molecule has 0 radical (unpaired) electrons. The Bertz CT molecular complexity index is 471. The summed E-state index contributed by atoms with van der Waals surface area (Å²) < 4.78 is 10.4. The molecule has 0 aliphatic carbocycles. The molecule has 0 spiro atoms. The molecule has 0 bridgehead atoms. The van der Waals surface area contributed by atoms with E-state index in [1.54, 1.807) is 26.4 Å². The van der Waals surface area contributed by atoms with E-state index in [0.717, 1.165) is 32.6 Å². The Kier molecular flexibility index (Phi) is 5.83. The van der Waals surface area contributed by atoms with Crippen molar-refractivity contribution < 1.29 is 14.3 Å². The van der Waals surface area contributed by atoms with Gasteiger partial charge < -0.3 is 20.1 Å². The van der Waals surface area contributed by atoms with Crippen molar-refractivity contribution >= 4 is 11.6 Å². The lowest BCUT2D eigenvalue weighted by Crippen LogP contribution is -2.35. The third-order valence-corrected chi connectivity index (χ3v) is 3.47. The second kappa shape index (κ2) is 7.85.